The maximum atomic E-state index is 13.1. The molecular weight excluding hydrogens is 1370 g/mol. The van der Waals surface area contributed by atoms with Crippen molar-refractivity contribution in [2.24, 2.45) is 11.8 Å². The Morgan fingerprint density at radius 1 is 0.257 bits per heavy atom. The van der Waals surface area contributed by atoms with E-state index in [0.717, 1.165) is 102 Å². The van der Waals surface area contributed by atoms with Crippen molar-refractivity contribution in [1.82, 2.24) is 0 Å². The highest BCUT2D eigenvalue weighted by Gasteiger charge is 2.30. The average molecular weight is 1540 g/mol. The van der Waals surface area contributed by atoms with E-state index in [4.69, 9.17) is 37.0 Å². The molecule has 0 saturated carbocycles. The van der Waals surface area contributed by atoms with E-state index in [1.54, 1.807) is 0 Å². The topological polar surface area (TPSA) is 237 Å². The molecule has 0 aromatic rings. The first kappa shape index (κ1) is 103. The van der Waals surface area contributed by atoms with Gasteiger partial charge in [0.05, 0.1) is 26.4 Å². The lowest BCUT2D eigenvalue weighted by Crippen LogP contribution is -2.30. The van der Waals surface area contributed by atoms with E-state index in [2.05, 4.69) is 41.5 Å². The van der Waals surface area contributed by atoms with Crippen molar-refractivity contribution in [3.63, 3.8) is 0 Å². The SMILES string of the molecule is CCCCCCCCCCCCCCCCCCCC(=O)OC[C@H](COP(=O)(O)OC[C@@H](O)COP(=O)(O)OC[C@@H](COC(=O)CCCCCCCCCCCC(C)C)OC(=O)CCCCCCCCCCCCCCCCCCC)OC(=O)CCCCCCCCCCCCCCCCCCC(C)C. The highest BCUT2D eigenvalue weighted by atomic mass is 31.2. The standard InChI is InChI=1S/C86H168O17P2/c1-7-9-11-13-15-17-19-21-23-25-30-34-38-44-50-56-62-68-83(88)96-74-81(102-85(90)71-65-59-53-46-40-36-32-28-27-29-33-37-42-48-54-60-66-78(3)4)76-100-104(92,93)98-72-80(87)73-99-105(94,95)101-77-82(75-97-84(89)69-63-57-51-47-41-43-49-55-61-67-79(5)6)103-86(91)70-64-58-52-45-39-35-31-26-24-22-20-18-16-14-12-10-8-2/h78-82,87H,7-77H2,1-6H3,(H,92,93)(H,94,95)/t80-,81-,82-/m1/s1. The number of phosphoric acid groups is 2. The number of carbonyl (C=O) groups is 4. The van der Waals surface area contributed by atoms with E-state index < -0.39 is 97.5 Å². The first-order valence-corrected chi connectivity index (χ1v) is 47.5. The lowest BCUT2D eigenvalue weighted by atomic mass is 10.0. The molecule has 0 heterocycles. The quantitative estimate of drug-likeness (QED) is 0.0222. The Hall–Kier alpha value is -1.94. The van der Waals surface area contributed by atoms with Crippen LogP contribution in [-0.4, -0.2) is 96.7 Å². The molecule has 3 N–H and O–H groups in total. The van der Waals surface area contributed by atoms with Gasteiger partial charge in [-0.1, -0.05) is 408 Å². The van der Waals surface area contributed by atoms with Crippen molar-refractivity contribution in [2.45, 2.75) is 477 Å². The second-order valence-electron chi connectivity index (χ2n) is 31.9. The number of aliphatic hydroxyl groups is 1. The fourth-order valence-corrected chi connectivity index (χ4v) is 15.0. The van der Waals surface area contributed by atoms with Crippen molar-refractivity contribution in [2.75, 3.05) is 39.6 Å². The molecule has 0 fully saturated rings. The zero-order chi connectivity index (χ0) is 77.1. The third kappa shape index (κ3) is 79.9. The molecule has 0 saturated heterocycles. The maximum absolute atomic E-state index is 13.1. The van der Waals surface area contributed by atoms with Crippen molar-refractivity contribution in [1.29, 1.82) is 0 Å². The molecule has 17 nitrogen and oxygen atoms in total. The molecule has 0 radical (unpaired) electrons. The van der Waals surface area contributed by atoms with Crippen LogP contribution in [-0.2, 0) is 65.4 Å². The van der Waals surface area contributed by atoms with Crippen LogP contribution in [0.5, 0.6) is 0 Å². The van der Waals surface area contributed by atoms with Crippen LogP contribution in [0.1, 0.15) is 459 Å². The summed E-state index contributed by atoms with van der Waals surface area (Å²) in [5.74, 6) is -0.547. The molecule has 0 amide bonds. The van der Waals surface area contributed by atoms with E-state index in [1.165, 1.54) is 276 Å². The van der Waals surface area contributed by atoms with Gasteiger partial charge in [-0.15, -0.1) is 0 Å². The van der Waals surface area contributed by atoms with E-state index in [0.29, 0.717) is 25.7 Å². The lowest BCUT2D eigenvalue weighted by Gasteiger charge is -2.21. The van der Waals surface area contributed by atoms with Gasteiger partial charge in [-0.2, -0.15) is 0 Å². The lowest BCUT2D eigenvalue weighted by molar-refractivity contribution is -0.161. The van der Waals surface area contributed by atoms with Gasteiger partial charge in [0.2, 0.25) is 0 Å². The Bertz CT molecular complexity index is 2010. The monoisotopic (exact) mass is 1540 g/mol. The number of ether oxygens (including phenoxy) is 4. The third-order valence-electron chi connectivity index (χ3n) is 20.2. The number of carbonyl (C=O) groups excluding carboxylic acids is 4. The van der Waals surface area contributed by atoms with E-state index in [1.807, 2.05) is 0 Å². The second kappa shape index (κ2) is 77.4. The van der Waals surface area contributed by atoms with Gasteiger partial charge >= 0.3 is 39.5 Å². The van der Waals surface area contributed by atoms with E-state index >= 15 is 0 Å². The highest BCUT2D eigenvalue weighted by molar-refractivity contribution is 7.47. The summed E-state index contributed by atoms with van der Waals surface area (Å²) in [6.07, 6.45) is 69.4. The minimum atomic E-state index is -4.97. The van der Waals surface area contributed by atoms with Gasteiger partial charge in [0, 0.05) is 25.7 Å². The van der Waals surface area contributed by atoms with Gasteiger partial charge in [-0.05, 0) is 37.5 Å². The number of aliphatic hydroxyl groups excluding tert-OH is 1. The Balaban J connectivity index is 5.26. The summed E-state index contributed by atoms with van der Waals surface area (Å²) in [6.45, 7) is 9.69. The summed E-state index contributed by atoms with van der Waals surface area (Å²) < 4.78 is 68.9. The Labute approximate surface area is 645 Å². The number of unbranched alkanes of at least 4 members (excludes halogenated alkanes) is 55. The molecule has 105 heavy (non-hydrogen) atoms. The predicted octanol–water partition coefficient (Wildman–Crippen LogP) is 26.2. The van der Waals surface area contributed by atoms with Gasteiger partial charge in [0.15, 0.2) is 12.2 Å². The van der Waals surface area contributed by atoms with Gasteiger partial charge in [0.25, 0.3) is 0 Å². The van der Waals surface area contributed by atoms with Crippen LogP contribution in [0.3, 0.4) is 0 Å². The van der Waals surface area contributed by atoms with Gasteiger partial charge in [-0.3, -0.25) is 37.3 Å². The Kier molecular flexibility index (Phi) is 76.0. The summed E-state index contributed by atoms with van der Waals surface area (Å²) in [6, 6.07) is 0. The number of hydrogen-bond acceptors (Lipinski definition) is 15. The summed E-state index contributed by atoms with van der Waals surface area (Å²) >= 11 is 0. The predicted molar refractivity (Wildman–Crippen MR) is 432 cm³/mol. The van der Waals surface area contributed by atoms with Gasteiger partial charge in [0.1, 0.15) is 19.3 Å². The number of hydrogen-bond donors (Lipinski definition) is 3. The minimum Gasteiger partial charge on any atom is -0.462 e. The third-order valence-corrected chi connectivity index (χ3v) is 22.1. The molecule has 624 valence electrons. The van der Waals surface area contributed by atoms with Crippen LogP contribution in [0.15, 0.2) is 0 Å². The molecule has 2 unspecified atom stereocenters. The van der Waals surface area contributed by atoms with Gasteiger partial charge in [-0.25, -0.2) is 9.13 Å². The molecule has 0 aromatic carbocycles. The zero-order valence-corrected chi connectivity index (χ0v) is 70.8. The van der Waals surface area contributed by atoms with Crippen LogP contribution in [0.2, 0.25) is 0 Å². The molecule has 0 rings (SSSR count). The van der Waals surface area contributed by atoms with Crippen LogP contribution in [0.4, 0.5) is 0 Å². The van der Waals surface area contributed by atoms with Crippen LogP contribution in [0, 0.1) is 11.8 Å². The van der Waals surface area contributed by atoms with E-state index in [9.17, 15) is 43.2 Å². The molecule has 19 heteroatoms. The smallest absolute Gasteiger partial charge is 0.462 e. The Morgan fingerprint density at radius 2 is 0.438 bits per heavy atom. The zero-order valence-electron chi connectivity index (χ0n) is 69.0. The fourth-order valence-electron chi connectivity index (χ4n) is 13.4. The molecule has 0 spiro atoms. The van der Waals surface area contributed by atoms with Crippen molar-refractivity contribution in [3.8, 4) is 0 Å². The summed E-state index contributed by atoms with van der Waals surface area (Å²) in [7, 11) is -9.93. The minimum absolute atomic E-state index is 0.108. The number of phosphoric ester groups is 2. The first-order valence-electron chi connectivity index (χ1n) is 44.5. The van der Waals surface area contributed by atoms with Crippen molar-refractivity contribution >= 4 is 39.5 Å². The summed E-state index contributed by atoms with van der Waals surface area (Å²) in [4.78, 5) is 73.3. The molecular formula is C86H168O17P2. The largest absolute Gasteiger partial charge is 0.472 e. The number of rotatable bonds is 85. The molecule has 0 aromatic heterocycles. The summed E-state index contributed by atoms with van der Waals surface area (Å²) in [5, 5.41) is 10.7. The van der Waals surface area contributed by atoms with Gasteiger partial charge < -0.3 is 33.8 Å². The molecule has 0 aliphatic carbocycles. The first-order chi connectivity index (χ1) is 50.9. The number of esters is 4. The molecule has 0 bridgehead atoms. The van der Waals surface area contributed by atoms with Crippen LogP contribution >= 0.6 is 15.6 Å². The molecule has 5 atom stereocenters. The second-order valence-corrected chi connectivity index (χ2v) is 34.8. The molecule has 0 aliphatic rings. The normalized spacial score (nSPS) is 13.8. The maximum Gasteiger partial charge on any atom is 0.472 e. The molecule has 0 aliphatic heterocycles. The van der Waals surface area contributed by atoms with Crippen LogP contribution in [0.25, 0.3) is 0 Å². The Morgan fingerprint density at radius 3 is 0.648 bits per heavy atom. The average Bonchev–Trinajstić information content (AvgIpc) is 0.932. The van der Waals surface area contributed by atoms with Crippen molar-refractivity contribution in [3.05, 3.63) is 0 Å². The van der Waals surface area contributed by atoms with E-state index in [-0.39, 0.29) is 25.7 Å². The van der Waals surface area contributed by atoms with Crippen LogP contribution < -0.4 is 0 Å². The summed E-state index contributed by atoms with van der Waals surface area (Å²) in [5.41, 5.74) is 0. The van der Waals surface area contributed by atoms with Crippen molar-refractivity contribution < 1.29 is 80.2 Å². The highest BCUT2D eigenvalue weighted by Crippen LogP contribution is 2.45. The fraction of sp³-hybridized carbons (Fsp3) is 0.953.